The third-order valence-electron chi connectivity index (χ3n) is 2.87. The molecule has 0 aromatic heterocycles. The van der Waals surface area contributed by atoms with Gasteiger partial charge in [0.25, 0.3) is 10.0 Å². The minimum atomic E-state index is -3.81. The van der Waals surface area contributed by atoms with Gasteiger partial charge in [-0.3, -0.25) is 4.72 Å². The number of anilines is 1. The van der Waals surface area contributed by atoms with E-state index in [-0.39, 0.29) is 16.3 Å². The summed E-state index contributed by atoms with van der Waals surface area (Å²) in [5.74, 6) is -0.0738. The second kappa shape index (κ2) is 5.98. The van der Waals surface area contributed by atoms with E-state index in [4.69, 9.17) is 0 Å². The first kappa shape index (κ1) is 16.3. The zero-order chi connectivity index (χ0) is 15.8. The molecule has 0 aliphatic carbocycles. The predicted molar refractivity (Wildman–Crippen MR) is 90.2 cm³/mol. The quantitative estimate of drug-likeness (QED) is 0.706. The molecule has 0 amide bonds. The number of aromatic hydroxyl groups is 1. The van der Waals surface area contributed by atoms with Gasteiger partial charge in [0.2, 0.25) is 0 Å². The second-order valence-electron chi connectivity index (χ2n) is 4.66. The number of rotatable bonds is 3. The summed E-state index contributed by atoms with van der Waals surface area (Å²) in [5, 5.41) is 10.0. The highest BCUT2D eigenvalue weighted by molar-refractivity contribution is 9.11. The Labute approximate surface area is 140 Å². The van der Waals surface area contributed by atoms with Crippen LogP contribution in [0.15, 0.2) is 44.2 Å². The summed E-state index contributed by atoms with van der Waals surface area (Å²) in [6.07, 6.45) is 0. The third-order valence-corrected chi connectivity index (χ3v) is 5.72. The molecule has 2 aromatic rings. The lowest BCUT2D eigenvalue weighted by Gasteiger charge is -2.13. The molecule has 0 saturated carbocycles. The van der Waals surface area contributed by atoms with Gasteiger partial charge < -0.3 is 5.11 Å². The van der Waals surface area contributed by atoms with Gasteiger partial charge in [0.05, 0.1) is 5.69 Å². The van der Waals surface area contributed by atoms with Crippen LogP contribution in [0.5, 0.6) is 5.75 Å². The van der Waals surface area contributed by atoms with Crippen LogP contribution in [0.2, 0.25) is 0 Å². The highest BCUT2D eigenvalue weighted by Gasteiger charge is 2.20. The molecule has 7 heteroatoms. The SMILES string of the molecule is Cc1cc(C)c(O)c(NS(=O)(=O)c2cc(Br)ccc2Br)c1. The topological polar surface area (TPSA) is 66.4 Å². The molecule has 0 saturated heterocycles. The molecule has 0 heterocycles. The molecule has 4 nitrogen and oxygen atoms in total. The normalized spacial score (nSPS) is 11.4. The van der Waals surface area contributed by atoms with Gasteiger partial charge in [-0.15, -0.1) is 0 Å². The van der Waals surface area contributed by atoms with Crippen molar-refractivity contribution in [1.29, 1.82) is 0 Å². The van der Waals surface area contributed by atoms with Crippen LogP contribution in [0.25, 0.3) is 0 Å². The van der Waals surface area contributed by atoms with Gasteiger partial charge in [-0.05, 0) is 65.2 Å². The maximum atomic E-state index is 12.5. The molecular formula is C14H13Br2NO3S. The van der Waals surface area contributed by atoms with E-state index in [1.807, 2.05) is 6.92 Å². The second-order valence-corrected chi connectivity index (χ2v) is 8.08. The minimum absolute atomic E-state index is 0.0738. The Morgan fingerprint density at radius 1 is 1.10 bits per heavy atom. The van der Waals surface area contributed by atoms with E-state index < -0.39 is 10.0 Å². The van der Waals surface area contributed by atoms with Crippen molar-refractivity contribution in [3.63, 3.8) is 0 Å². The largest absolute Gasteiger partial charge is 0.505 e. The number of hydrogen-bond donors (Lipinski definition) is 2. The van der Waals surface area contributed by atoms with Crippen LogP contribution in [0, 0.1) is 13.8 Å². The minimum Gasteiger partial charge on any atom is -0.505 e. The van der Waals surface area contributed by atoms with Crippen LogP contribution in [-0.2, 0) is 10.0 Å². The highest BCUT2D eigenvalue weighted by atomic mass is 79.9. The van der Waals surface area contributed by atoms with Crippen LogP contribution in [0.3, 0.4) is 0 Å². The molecule has 0 fully saturated rings. The summed E-state index contributed by atoms with van der Waals surface area (Å²) in [6, 6.07) is 8.23. The molecule has 0 spiro atoms. The summed E-state index contributed by atoms with van der Waals surface area (Å²) < 4.78 is 28.5. The van der Waals surface area contributed by atoms with Crippen LogP contribution < -0.4 is 4.72 Å². The fourth-order valence-corrected chi connectivity index (χ4v) is 4.48. The molecule has 0 unspecified atom stereocenters. The van der Waals surface area contributed by atoms with E-state index in [0.717, 1.165) is 5.56 Å². The molecule has 2 aromatic carbocycles. The smallest absolute Gasteiger partial charge is 0.263 e. The molecule has 0 radical (unpaired) electrons. The first-order chi connectivity index (χ1) is 9.70. The van der Waals surface area contributed by atoms with Crippen LogP contribution in [0.4, 0.5) is 5.69 Å². The first-order valence-electron chi connectivity index (χ1n) is 5.99. The van der Waals surface area contributed by atoms with Crippen molar-refractivity contribution >= 4 is 47.6 Å². The average Bonchev–Trinajstić information content (AvgIpc) is 2.37. The Kier molecular flexibility index (Phi) is 4.65. The molecule has 0 bridgehead atoms. The van der Waals surface area contributed by atoms with Gasteiger partial charge in [-0.25, -0.2) is 8.42 Å². The summed E-state index contributed by atoms with van der Waals surface area (Å²) in [7, 11) is -3.81. The van der Waals surface area contributed by atoms with Crippen molar-refractivity contribution in [2.45, 2.75) is 18.7 Å². The predicted octanol–water partition coefficient (Wildman–Crippen LogP) is 4.33. The maximum absolute atomic E-state index is 12.5. The van der Waals surface area contributed by atoms with Crippen molar-refractivity contribution < 1.29 is 13.5 Å². The highest BCUT2D eigenvalue weighted by Crippen LogP contribution is 2.32. The van der Waals surface area contributed by atoms with Crippen molar-refractivity contribution in [2.75, 3.05) is 4.72 Å². The van der Waals surface area contributed by atoms with E-state index in [0.29, 0.717) is 14.5 Å². The van der Waals surface area contributed by atoms with E-state index in [2.05, 4.69) is 36.6 Å². The lowest BCUT2D eigenvalue weighted by molar-refractivity contribution is 0.473. The zero-order valence-electron chi connectivity index (χ0n) is 11.3. The summed E-state index contributed by atoms with van der Waals surface area (Å²) >= 11 is 6.47. The Morgan fingerprint density at radius 2 is 1.76 bits per heavy atom. The fourth-order valence-electron chi connectivity index (χ4n) is 1.92. The number of aryl methyl sites for hydroxylation is 2. The number of halogens is 2. The Bertz CT molecular complexity index is 804. The molecule has 0 atom stereocenters. The number of phenols is 1. The Balaban J connectivity index is 2.50. The Morgan fingerprint density at radius 3 is 2.43 bits per heavy atom. The molecule has 0 aliphatic heterocycles. The lowest BCUT2D eigenvalue weighted by Crippen LogP contribution is -2.14. The number of benzene rings is 2. The van der Waals surface area contributed by atoms with E-state index in [9.17, 15) is 13.5 Å². The standard InChI is InChI=1S/C14H13Br2NO3S/c1-8-5-9(2)14(18)12(6-8)17-21(19,20)13-7-10(15)3-4-11(13)16/h3-7,17-18H,1-2H3. The van der Waals surface area contributed by atoms with Gasteiger partial charge in [0.15, 0.2) is 0 Å². The van der Waals surface area contributed by atoms with Crippen LogP contribution in [0.1, 0.15) is 11.1 Å². The van der Waals surface area contributed by atoms with Gasteiger partial charge in [-0.1, -0.05) is 22.0 Å². The van der Waals surface area contributed by atoms with Crippen LogP contribution in [-0.4, -0.2) is 13.5 Å². The molecular weight excluding hydrogens is 422 g/mol. The fraction of sp³-hybridized carbons (Fsp3) is 0.143. The van der Waals surface area contributed by atoms with Gasteiger partial charge in [0, 0.05) is 8.95 Å². The molecule has 112 valence electrons. The third kappa shape index (κ3) is 3.59. The molecule has 0 aliphatic rings. The van der Waals surface area contributed by atoms with Crippen molar-refractivity contribution in [3.8, 4) is 5.75 Å². The number of hydrogen-bond acceptors (Lipinski definition) is 3. The van der Waals surface area contributed by atoms with E-state index >= 15 is 0 Å². The van der Waals surface area contributed by atoms with Crippen molar-refractivity contribution in [2.24, 2.45) is 0 Å². The average molecular weight is 435 g/mol. The van der Waals surface area contributed by atoms with Crippen molar-refractivity contribution in [1.82, 2.24) is 0 Å². The maximum Gasteiger partial charge on any atom is 0.263 e. The Hall–Kier alpha value is -1.05. The molecule has 21 heavy (non-hydrogen) atoms. The number of phenolic OH excluding ortho intramolecular Hbond substituents is 1. The number of nitrogens with one attached hydrogen (secondary N) is 1. The first-order valence-corrected chi connectivity index (χ1v) is 9.06. The molecule has 2 rings (SSSR count). The van der Waals surface area contributed by atoms with Crippen molar-refractivity contribution in [3.05, 3.63) is 50.4 Å². The van der Waals surface area contributed by atoms with E-state index in [1.165, 1.54) is 6.07 Å². The zero-order valence-corrected chi connectivity index (χ0v) is 15.3. The summed E-state index contributed by atoms with van der Waals surface area (Å²) in [5.41, 5.74) is 1.64. The van der Waals surface area contributed by atoms with Gasteiger partial charge in [0.1, 0.15) is 10.6 Å². The summed E-state index contributed by atoms with van der Waals surface area (Å²) in [4.78, 5) is 0.0930. The lowest BCUT2D eigenvalue weighted by atomic mass is 10.1. The monoisotopic (exact) mass is 433 g/mol. The van der Waals surface area contributed by atoms with Gasteiger partial charge in [-0.2, -0.15) is 0 Å². The van der Waals surface area contributed by atoms with E-state index in [1.54, 1.807) is 31.2 Å². The van der Waals surface area contributed by atoms with Crippen LogP contribution >= 0.6 is 31.9 Å². The summed E-state index contributed by atoms with van der Waals surface area (Å²) in [6.45, 7) is 3.55. The molecule has 2 N–H and O–H groups in total. The van der Waals surface area contributed by atoms with Gasteiger partial charge >= 0.3 is 0 Å². The number of sulfonamides is 1.